The molecular weight excluding hydrogens is 425 g/mol. The minimum Gasteiger partial charge on any atom is -0.402 e. The van der Waals surface area contributed by atoms with Crippen molar-refractivity contribution in [3.63, 3.8) is 0 Å². The first-order chi connectivity index (χ1) is 12.9. The Hall–Kier alpha value is 0.108. The molecule has 1 fully saturated rings. The van der Waals surface area contributed by atoms with Gasteiger partial charge >= 0.3 is 16.4 Å². The van der Waals surface area contributed by atoms with Gasteiger partial charge in [-0.25, -0.2) is 0 Å². The lowest BCUT2D eigenvalue weighted by Gasteiger charge is -2.24. The van der Waals surface area contributed by atoms with Crippen molar-refractivity contribution in [2.24, 2.45) is 5.73 Å². The molecule has 0 aliphatic carbocycles. The summed E-state index contributed by atoms with van der Waals surface area (Å²) in [5.41, 5.74) is 5.21. The molecule has 0 aromatic carbocycles. The predicted octanol–water partition coefficient (Wildman–Crippen LogP) is 3.01. The average Bonchev–Trinajstić information content (AvgIpc) is 3.14. The van der Waals surface area contributed by atoms with Gasteiger partial charge in [-0.1, -0.05) is 28.2 Å². The summed E-state index contributed by atoms with van der Waals surface area (Å²) in [5.74, 6) is 0. The third kappa shape index (κ3) is 17.0. The van der Waals surface area contributed by atoms with Crippen molar-refractivity contribution in [3.05, 3.63) is 0 Å². The van der Waals surface area contributed by atoms with Gasteiger partial charge in [-0.3, -0.25) is 0 Å². The Morgan fingerprint density at radius 3 is 1.93 bits per heavy atom. The lowest BCUT2D eigenvalue weighted by atomic mass is 10.5. The van der Waals surface area contributed by atoms with Crippen LogP contribution in [0.25, 0.3) is 0 Å². The summed E-state index contributed by atoms with van der Waals surface area (Å²) >= 11 is 0. The summed E-state index contributed by atoms with van der Waals surface area (Å²) < 4.78 is 42.9. The predicted molar refractivity (Wildman–Crippen MR) is 123 cm³/mol. The van der Waals surface area contributed by atoms with Crippen LogP contribution in [0.15, 0.2) is 0 Å². The van der Waals surface area contributed by atoms with Crippen LogP contribution in [0, 0.1) is 0 Å². The third-order valence-electron chi connectivity index (χ3n) is 4.01. The maximum Gasteiger partial charge on any atom is 0.325 e. The molecule has 0 aromatic heterocycles. The van der Waals surface area contributed by atoms with Gasteiger partial charge in [0.1, 0.15) is 0 Å². The fraction of sp³-hybridized carbons (Fsp3) is 1.00. The number of rotatable bonds is 11. The van der Waals surface area contributed by atoms with Crippen molar-refractivity contribution in [2.45, 2.75) is 78.2 Å². The summed E-state index contributed by atoms with van der Waals surface area (Å²) in [6.45, 7) is 10.2. The summed E-state index contributed by atoms with van der Waals surface area (Å²) in [5, 5.41) is 0. The van der Waals surface area contributed by atoms with Crippen molar-refractivity contribution in [1.29, 1.82) is 0 Å². The summed E-state index contributed by atoms with van der Waals surface area (Å²) in [7, 11) is -4.40. The molecule has 7 nitrogen and oxygen atoms in total. The molecule has 1 aliphatic heterocycles. The van der Waals surface area contributed by atoms with Crippen molar-refractivity contribution in [1.82, 2.24) is 4.98 Å². The third-order valence-corrected chi connectivity index (χ3v) is 15.3. The second-order valence-electron chi connectivity index (χ2n) is 6.23. The van der Waals surface area contributed by atoms with E-state index in [0.29, 0.717) is 18.6 Å². The van der Waals surface area contributed by atoms with Gasteiger partial charge in [-0.2, -0.15) is 0 Å². The van der Waals surface area contributed by atoms with Crippen LogP contribution < -0.4 is 10.7 Å². The monoisotopic (exact) mass is 468 g/mol. The number of ether oxygens (including phenoxy) is 1. The second-order valence-corrected chi connectivity index (χ2v) is 18.4. The van der Waals surface area contributed by atoms with E-state index >= 15 is 0 Å². The summed E-state index contributed by atoms with van der Waals surface area (Å²) in [6.07, 6.45) is 2.96. The van der Waals surface area contributed by atoms with Crippen molar-refractivity contribution < 1.29 is 22.5 Å². The van der Waals surface area contributed by atoms with Crippen LogP contribution in [0.4, 0.5) is 0 Å². The molecular formula is C17H44N2O5Si4. The second kappa shape index (κ2) is 21.8. The Labute approximate surface area is 178 Å². The first-order valence-electron chi connectivity index (χ1n) is 10.0. The minimum atomic E-state index is -1.66. The molecule has 0 saturated carbocycles. The van der Waals surface area contributed by atoms with Crippen LogP contribution in [-0.2, 0) is 22.5 Å². The molecule has 11 heteroatoms. The van der Waals surface area contributed by atoms with Crippen LogP contribution in [0.2, 0.25) is 30.2 Å². The highest BCUT2D eigenvalue weighted by atomic mass is 29.2. The highest BCUT2D eigenvalue weighted by Crippen LogP contribution is 2.16. The molecule has 1 unspecified atom stereocenters. The van der Waals surface area contributed by atoms with E-state index < -0.39 is 33.6 Å². The highest BCUT2D eigenvalue weighted by Gasteiger charge is 2.38. The number of nitrogens with one attached hydrogen (secondary N) is 1. The number of hydrogen-bond donors (Lipinski definition) is 2. The molecule has 1 rings (SSSR count). The van der Waals surface area contributed by atoms with E-state index in [2.05, 4.69) is 4.98 Å². The van der Waals surface area contributed by atoms with Crippen molar-refractivity contribution in [2.75, 3.05) is 33.0 Å². The van der Waals surface area contributed by atoms with E-state index in [1.807, 2.05) is 27.7 Å². The Balaban J connectivity index is -0.000000337. The Kier molecular flexibility index (Phi) is 25.5. The Bertz CT molecular complexity index is 400. The first kappa shape index (κ1) is 32.8. The zero-order valence-electron chi connectivity index (χ0n) is 17.9. The fourth-order valence-corrected chi connectivity index (χ4v) is 9.71. The van der Waals surface area contributed by atoms with E-state index in [4.69, 9.17) is 14.9 Å². The maximum atomic E-state index is 10.7. The van der Waals surface area contributed by atoms with E-state index in [0.717, 1.165) is 37.9 Å². The number of nitrogens with two attached hydrogens (primary N) is 1. The largest absolute Gasteiger partial charge is 0.402 e. The Morgan fingerprint density at radius 1 is 1.04 bits per heavy atom. The van der Waals surface area contributed by atoms with Gasteiger partial charge in [0, 0.05) is 13.7 Å². The van der Waals surface area contributed by atoms with Crippen LogP contribution >= 0.6 is 0 Å². The van der Waals surface area contributed by atoms with Crippen LogP contribution in [0.3, 0.4) is 0 Å². The molecule has 0 amide bonds. The number of methoxy groups -OCH3 is 1. The normalized spacial score (nSPS) is 17.4. The standard InChI is InChI=1S/C7H17NO2Si.C5H13NOSi.C4H10O2Si2.CH4/c1-3-10-11(7-9-2)6-4-5-8-11;1-2-8(7)5-3-4-6;1-3-7(5)8(6)4-2;/h8H,3-7H2,1-2H3;2-6H2,1H3;3-4H2,1-2H3;1H4. The van der Waals surface area contributed by atoms with Gasteiger partial charge in [-0.05, 0) is 63.1 Å². The molecule has 28 heavy (non-hydrogen) atoms. The van der Waals surface area contributed by atoms with E-state index in [-0.39, 0.29) is 7.43 Å². The van der Waals surface area contributed by atoms with Gasteiger partial charge in [-0.15, -0.1) is 0 Å². The lowest BCUT2D eigenvalue weighted by molar-refractivity contribution is 0.206. The van der Waals surface area contributed by atoms with Crippen molar-refractivity contribution >= 4 is 33.6 Å². The van der Waals surface area contributed by atoms with Gasteiger partial charge in [0.05, 0.1) is 6.23 Å². The minimum absolute atomic E-state index is 0. The molecule has 0 bridgehead atoms. The molecule has 1 atom stereocenters. The molecule has 0 spiro atoms. The quantitative estimate of drug-likeness (QED) is 0.449. The molecule has 1 aliphatic rings. The van der Waals surface area contributed by atoms with Crippen LogP contribution in [0.5, 0.6) is 0 Å². The summed E-state index contributed by atoms with van der Waals surface area (Å²) in [6, 6.07) is 4.10. The van der Waals surface area contributed by atoms with Crippen molar-refractivity contribution in [3.8, 4) is 0 Å². The molecule has 1 saturated heterocycles. The molecule has 168 valence electrons. The topological polar surface area (TPSA) is 108 Å². The van der Waals surface area contributed by atoms with Crippen LogP contribution in [0.1, 0.15) is 48.0 Å². The zero-order valence-corrected chi connectivity index (χ0v) is 21.9. The fourth-order valence-electron chi connectivity index (χ4n) is 2.45. The van der Waals surface area contributed by atoms with Crippen LogP contribution in [-0.4, -0.2) is 66.6 Å². The molecule has 0 radical (unpaired) electrons. The lowest BCUT2D eigenvalue weighted by Crippen LogP contribution is -2.53. The molecule has 3 N–H and O–H groups in total. The van der Waals surface area contributed by atoms with E-state index in [1.165, 1.54) is 12.5 Å². The Morgan fingerprint density at radius 2 is 1.61 bits per heavy atom. The average molecular weight is 469 g/mol. The zero-order chi connectivity index (χ0) is 21.1. The van der Waals surface area contributed by atoms with Gasteiger partial charge in [0.2, 0.25) is 0 Å². The van der Waals surface area contributed by atoms with Gasteiger partial charge in [0.15, 0.2) is 0 Å². The summed E-state index contributed by atoms with van der Waals surface area (Å²) in [4.78, 5) is 3.46. The first-order valence-corrected chi connectivity index (χ1v) is 18.4. The molecule has 0 aromatic rings. The van der Waals surface area contributed by atoms with Gasteiger partial charge in [0.25, 0.3) is 17.2 Å². The maximum absolute atomic E-state index is 10.7. The SMILES string of the molecule is C.CCO[Si]1(COC)CCCN1.CC[Si](=O)CCCN.CC[Si](=O)[Si](=O)CC. The highest BCUT2D eigenvalue weighted by molar-refractivity contribution is 7.07. The number of hydrogen-bond acceptors (Lipinski definition) is 7. The van der Waals surface area contributed by atoms with Gasteiger partial charge < -0.3 is 33.3 Å². The van der Waals surface area contributed by atoms with E-state index in [9.17, 15) is 13.4 Å². The smallest absolute Gasteiger partial charge is 0.325 e. The van der Waals surface area contributed by atoms with E-state index in [1.54, 1.807) is 7.11 Å². The molecule has 1 heterocycles.